The van der Waals surface area contributed by atoms with E-state index in [0.717, 1.165) is 19.3 Å². The topological polar surface area (TPSA) is 81.2 Å². The molecule has 7 heteroatoms. The molecule has 1 aliphatic carbocycles. The molecule has 1 aliphatic rings. The molecule has 0 spiro atoms. The van der Waals surface area contributed by atoms with Crippen LogP contribution in [0.5, 0.6) is 0 Å². The van der Waals surface area contributed by atoms with E-state index in [2.05, 4.69) is 5.32 Å². The van der Waals surface area contributed by atoms with Gasteiger partial charge >= 0.3 is 0 Å². The Bertz CT molecular complexity index is 496. The van der Waals surface area contributed by atoms with Crippen LogP contribution in [0.2, 0.25) is 10.0 Å². The van der Waals surface area contributed by atoms with Gasteiger partial charge < -0.3 is 11.1 Å². The Morgan fingerprint density at radius 1 is 1.37 bits per heavy atom. The second kappa shape index (κ2) is 5.94. The second-order valence-electron chi connectivity index (χ2n) is 4.72. The summed E-state index contributed by atoms with van der Waals surface area (Å²) in [4.78, 5) is 10.6. The summed E-state index contributed by atoms with van der Waals surface area (Å²) >= 11 is 11.7. The van der Waals surface area contributed by atoms with Crippen molar-refractivity contribution >= 4 is 34.6 Å². The van der Waals surface area contributed by atoms with Crippen LogP contribution in [0.1, 0.15) is 19.3 Å². The van der Waals surface area contributed by atoms with Gasteiger partial charge in [0.15, 0.2) is 0 Å². The van der Waals surface area contributed by atoms with E-state index in [4.69, 9.17) is 28.9 Å². The monoisotopic (exact) mass is 303 g/mol. The van der Waals surface area contributed by atoms with Crippen molar-refractivity contribution in [3.05, 3.63) is 32.3 Å². The average Bonchev–Trinajstić information content (AvgIpc) is 2.80. The first-order valence-corrected chi connectivity index (χ1v) is 6.88. The van der Waals surface area contributed by atoms with Gasteiger partial charge in [0.2, 0.25) is 0 Å². The Morgan fingerprint density at radius 2 is 2.05 bits per heavy atom. The Labute approximate surface area is 121 Å². The van der Waals surface area contributed by atoms with Crippen LogP contribution in [0.4, 0.5) is 11.4 Å². The fourth-order valence-electron chi connectivity index (χ4n) is 2.51. The number of hydrogen-bond acceptors (Lipinski definition) is 4. The first-order valence-electron chi connectivity index (χ1n) is 6.13. The van der Waals surface area contributed by atoms with E-state index in [-0.39, 0.29) is 16.8 Å². The van der Waals surface area contributed by atoms with Gasteiger partial charge in [-0.3, -0.25) is 10.1 Å². The number of nitrogens with one attached hydrogen (secondary N) is 1. The Balaban J connectivity index is 2.28. The zero-order chi connectivity index (χ0) is 14.0. The molecule has 2 unspecified atom stereocenters. The van der Waals surface area contributed by atoms with Crippen LogP contribution in [0.3, 0.4) is 0 Å². The minimum atomic E-state index is -0.461. The van der Waals surface area contributed by atoms with Crippen molar-refractivity contribution < 1.29 is 4.92 Å². The van der Waals surface area contributed by atoms with Gasteiger partial charge in [-0.1, -0.05) is 29.6 Å². The van der Waals surface area contributed by atoms with Crippen LogP contribution in [0.15, 0.2) is 12.1 Å². The molecule has 1 saturated carbocycles. The number of halogens is 2. The zero-order valence-electron chi connectivity index (χ0n) is 10.2. The second-order valence-corrected chi connectivity index (χ2v) is 5.53. The summed E-state index contributed by atoms with van der Waals surface area (Å²) in [5.41, 5.74) is 6.06. The summed E-state index contributed by atoms with van der Waals surface area (Å²) in [5, 5.41) is 14.7. The highest BCUT2D eigenvalue weighted by Gasteiger charge is 2.28. The molecule has 19 heavy (non-hydrogen) atoms. The van der Waals surface area contributed by atoms with E-state index < -0.39 is 4.92 Å². The first-order chi connectivity index (χ1) is 9.02. The van der Waals surface area contributed by atoms with Gasteiger partial charge in [0.05, 0.1) is 15.0 Å². The highest BCUT2D eigenvalue weighted by molar-refractivity contribution is 6.42. The lowest BCUT2D eigenvalue weighted by Crippen LogP contribution is -2.29. The molecule has 5 nitrogen and oxygen atoms in total. The smallest absolute Gasteiger partial charge is 0.293 e. The summed E-state index contributed by atoms with van der Waals surface area (Å²) in [7, 11) is 0. The molecule has 0 heterocycles. The van der Waals surface area contributed by atoms with Gasteiger partial charge in [-0.15, -0.1) is 0 Å². The Hall–Kier alpha value is -1.04. The summed E-state index contributed by atoms with van der Waals surface area (Å²) in [6.45, 7) is 0.576. The lowest BCUT2D eigenvalue weighted by Gasteiger charge is -2.20. The fourth-order valence-corrected chi connectivity index (χ4v) is 2.83. The SMILES string of the molecule is NCC1CCCC1Nc1cc(Cl)c(Cl)cc1[N+](=O)[O-]. The number of benzene rings is 1. The maximum atomic E-state index is 11.0. The molecule has 2 atom stereocenters. The lowest BCUT2D eigenvalue weighted by molar-refractivity contribution is -0.384. The number of nitro groups is 1. The van der Waals surface area contributed by atoms with Gasteiger partial charge in [-0.2, -0.15) is 0 Å². The third-order valence-electron chi connectivity index (χ3n) is 3.54. The standard InChI is InChI=1S/C12H15Cl2N3O2/c13-8-4-11(12(17(18)19)5-9(8)14)16-10-3-1-2-7(10)6-15/h4-5,7,10,16H,1-3,6,15H2. The van der Waals surface area contributed by atoms with Crippen LogP contribution >= 0.6 is 23.2 Å². The van der Waals surface area contributed by atoms with E-state index in [0.29, 0.717) is 23.2 Å². The van der Waals surface area contributed by atoms with Crippen molar-refractivity contribution in [1.82, 2.24) is 0 Å². The van der Waals surface area contributed by atoms with Gasteiger partial charge in [-0.05, 0) is 31.4 Å². The molecule has 0 aromatic heterocycles. The minimum Gasteiger partial charge on any atom is -0.376 e. The fraction of sp³-hybridized carbons (Fsp3) is 0.500. The lowest BCUT2D eigenvalue weighted by atomic mass is 10.0. The van der Waals surface area contributed by atoms with Crippen LogP contribution < -0.4 is 11.1 Å². The normalized spacial score (nSPS) is 22.5. The van der Waals surface area contributed by atoms with Gasteiger partial charge in [0, 0.05) is 12.1 Å². The van der Waals surface area contributed by atoms with Crippen LogP contribution in [-0.2, 0) is 0 Å². The Morgan fingerprint density at radius 3 is 2.68 bits per heavy atom. The molecule has 0 saturated heterocycles. The van der Waals surface area contributed by atoms with Crippen molar-refractivity contribution in [3.8, 4) is 0 Å². The number of nitrogens with two attached hydrogens (primary N) is 1. The molecule has 1 aromatic rings. The molecule has 1 aromatic carbocycles. The summed E-state index contributed by atoms with van der Waals surface area (Å²) in [6.07, 6.45) is 3.08. The molecule has 0 aliphatic heterocycles. The van der Waals surface area contributed by atoms with Crippen LogP contribution in [0.25, 0.3) is 0 Å². The minimum absolute atomic E-state index is 0.0583. The van der Waals surface area contributed by atoms with E-state index in [1.165, 1.54) is 12.1 Å². The van der Waals surface area contributed by atoms with E-state index in [9.17, 15) is 10.1 Å². The van der Waals surface area contributed by atoms with Crippen LogP contribution in [0, 0.1) is 16.0 Å². The molecule has 2 rings (SSSR count). The third-order valence-corrected chi connectivity index (χ3v) is 4.26. The quantitative estimate of drug-likeness (QED) is 0.659. The van der Waals surface area contributed by atoms with E-state index >= 15 is 0 Å². The number of anilines is 1. The highest BCUT2D eigenvalue weighted by Crippen LogP contribution is 2.36. The van der Waals surface area contributed by atoms with Crippen molar-refractivity contribution in [2.24, 2.45) is 11.7 Å². The molecule has 3 N–H and O–H groups in total. The first kappa shape index (κ1) is 14.4. The molecular weight excluding hydrogens is 289 g/mol. The van der Waals surface area contributed by atoms with Gasteiger partial charge in [-0.25, -0.2) is 0 Å². The third kappa shape index (κ3) is 3.11. The maximum Gasteiger partial charge on any atom is 0.293 e. The summed E-state index contributed by atoms with van der Waals surface area (Å²) < 4.78 is 0. The van der Waals surface area contributed by atoms with Gasteiger partial charge in [0.25, 0.3) is 5.69 Å². The van der Waals surface area contributed by atoms with Gasteiger partial charge in [0.1, 0.15) is 5.69 Å². The Kier molecular flexibility index (Phi) is 4.50. The molecular formula is C12H15Cl2N3O2. The summed E-state index contributed by atoms with van der Waals surface area (Å²) in [5.74, 6) is 0.342. The average molecular weight is 304 g/mol. The largest absolute Gasteiger partial charge is 0.376 e. The number of hydrogen-bond donors (Lipinski definition) is 2. The molecule has 0 radical (unpaired) electrons. The van der Waals surface area contributed by atoms with E-state index in [1.54, 1.807) is 0 Å². The van der Waals surface area contributed by atoms with E-state index in [1.807, 2.05) is 0 Å². The molecule has 104 valence electrons. The molecule has 0 bridgehead atoms. The predicted octanol–water partition coefficient (Wildman–Crippen LogP) is 3.44. The number of nitro benzene ring substituents is 1. The van der Waals surface area contributed by atoms with Crippen LogP contribution in [-0.4, -0.2) is 17.5 Å². The zero-order valence-corrected chi connectivity index (χ0v) is 11.7. The van der Waals surface area contributed by atoms with Crippen molar-refractivity contribution in [3.63, 3.8) is 0 Å². The number of rotatable bonds is 4. The number of nitrogens with zero attached hydrogens (tertiary/aromatic N) is 1. The van der Waals surface area contributed by atoms with Crippen molar-refractivity contribution in [1.29, 1.82) is 0 Å². The predicted molar refractivity (Wildman–Crippen MR) is 76.9 cm³/mol. The molecule has 1 fully saturated rings. The maximum absolute atomic E-state index is 11.0. The summed E-state index contributed by atoms with van der Waals surface area (Å²) in [6, 6.07) is 2.94. The molecule has 0 amide bonds. The van der Waals surface area contributed by atoms with Crippen molar-refractivity contribution in [2.75, 3.05) is 11.9 Å². The van der Waals surface area contributed by atoms with Crippen molar-refractivity contribution in [2.45, 2.75) is 25.3 Å². The highest BCUT2D eigenvalue weighted by atomic mass is 35.5.